The molecule has 0 saturated carbocycles. The van der Waals surface area contributed by atoms with Gasteiger partial charge in [-0.05, 0) is 40.0 Å². The normalized spacial score (nSPS) is 11.2. The van der Waals surface area contributed by atoms with Crippen molar-refractivity contribution in [3.63, 3.8) is 0 Å². The second-order valence-corrected chi connectivity index (χ2v) is 5.65. The van der Waals surface area contributed by atoms with Gasteiger partial charge in [-0.1, -0.05) is 58.8 Å². The molecule has 3 nitrogen and oxygen atoms in total. The summed E-state index contributed by atoms with van der Waals surface area (Å²) in [5.41, 5.74) is 13.4. The maximum Gasteiger partial charge on any atom is 0.0413 e. The quantitative estimate of drug-likeness (QED) is 0.355. The van der Waals surface area contributed by atoms with Crippen LogP contribution in [0.15, 0.2) is 17.2 Å². The first kappa shape index (κ1) is 14.6. The molecule has 1 rings (SSSR count). The highest BCUT2D eigenvalue weighted by Crippen LogP contribution is 2.39. The minimum Gasteiger partial charge on any atom is -0.0605 e. The Bertz CT molecular complexity index is 467. The van der Waals surface area contributed by atoms with Crippen molar-refractivity contribution in [2.75, 3.05) is 0 Å². The monoisotopic (exact) mass is 245 g/mol. The van der Waals surface area contributed by atoms with Crippen LogP contribution in [0.4, 0.5) is 5.69 Å². The number of hydrogen-bond acceptors (Lipinski definition) is 1. The van der Waals surface area contributed by atoms with Gasteiger partial charge in [0.25, 0.3) is 0 Å². The van der Waals surface area contributed by atoms with E-state index in [2.05, 4.69) is 57.6 Å². The molecule has 0 aliphatic rings. The predicted molar refractivity (Wildman–Crippen MR) is 77.5 cm³/mol. The molecular weight excluding hydrogens is 222 g/mol. The van der Waals surface area contributed by atoms with Crippen molar-refractivity contribution in [1.29, 1.82) is 0 Å². The Hall–Kier alpha value is -1.47. The molecule has 0 saturated heterocycles. The van der Waals surface area contributed by atoms with Crippen LogP contribution in [0.1, 0.15) is 76.0 Å². The fourth-order valence-corrected chi connectivity index (χ4v) is 2.53. The predicted octanol–water partition coefficient (Wildman–Crippen LogP) is 6.00. The average molecular weight is 245 g/mol. The summed E-state index contributed by atoms with van der Waals surface area (Å²) in [4.78, 5) is 2.95. The fourth-order valence-electron chi connectivity index (χ4n) is 2.53. The molecule has 0 aromatic heterocycles. The first-order valence-electron chi connectivity index (χ1n) is 6.61. The Balaban J connectivity index is 3.64. The molecule has 0 amide bonds. The topological polar surface area (TPSA) is 48.8 Å². The third-order valence-electron chi connectivity index (χ3n) is 3.23. The molecule has 0 radical (unpaired) electrons. The summed E-state index contributed by atoms with van der Waals surface area (Å²) in [6.07, 6.45) is 0. The second kappa shape index (κ2) is 5.92. The Labute approximate surface area is 110 Å². The van der Waals surface area contributed by atoms with E-state index in [1.807, 2.05) is 6.07 Å². The molecular formula is C15H23N3. The van der Waals surface area contributed by atoms with Gasteiger partial charge in [0.2, 0.25) is 0 Å². The van der Waals surface area contributed by atoms with Crippen LogP contribution in [0, 0.1) is 0 Å². The fraction of sp³-hybridized carbons (Fsp3) is 0.600. The average Bonchev–Trinajstić information content (AvgIpc) is 2.27. The summed E-state index contributed by atoms with van der Waals surface area (Å²) in [6.45, 7) is 13.1. The van der Waals surface area contributed by atoms with Crippen LogP contribution in [0.25, 0.3) is 10.4 Å². The van der Waals surface area contributed by atoms with Gasteiger partial charge in [0.1, 0.15) is 0 Å². The molecule has 0 unspecified atom stereocenters. The lowest BCUT2D eigenvalue weighted by Gasteiger charge is -2.24. The maximum atomic E-state index is 8.69. The Morgan fingerprint density at radius 3 is 1.83 bits per heavy atom. The molecule has 3 heteroatoms. The lowest BCUT2D eigenvalue weighted by atomic mass is 9.82. The zero-order chi connectivity index (χ0) is 13.9. The van der Waals surface area contributed by atoms with Gasteiger partial charge in [-0.15, -0.1) is 0 Å². The molecule has 0 aliphatic carbocycles. The molecule has 0 N–H and O–H groups in total. The first-order chi connectivity index (χ1) is 8.40. The third kappa shape index (κ3) is 2.85. The van der Waals surface area contributed by atoms with Crippen molar-refractivity contribution in [3.8, 4) is 0 Å². The van der Waals surface area contributed by atoms with E-state index in [-0.39, 0.29) is 0 Å². The number of nitrogens with zero attached hydrogens (tertiary/aromatic N) is 3. The van der Waals surface area contributed by atoms with Gasteiger partial charge in [-0.3, -0.25) is 0 Å². The molecule has 0 fully saturated rings. The van der Waals surface area contributed by atoms with E-state index >= 15 is 0 Å². The second-order valence-electron chi connectivity index (χ2n) is 5.65. The molecule has 0 aliphatic heterocycles. The molecule has 18 heavy (non-hydrogen) atoms. The minimum atomic E-state index is 0.363. The Morgan fingerprint density at radius 2 is 1.44 bits per heavy atom. The molecule has 0 spiro atoms. The standard InChI is InChI=1S/C15H23N3/c1-9(2)12-7-8-13(17-18-16)15(11(5)6)14(12)10(3)4/h7-11H,1-6H3. The van der Waals surface area contributed by atoms with Crippen molar-refractivity contribution >= 4 is 5.69 Å². The van der Waals surface area contributed by atoms with Crippen LogP contribution in [0.5, 0.6) is 0 Å². The van der Waals surface area contributed by atoms with Crippen LogP contribution in [-0.4, -0.2) is 0 Å². The smallest absolute Gasteiger partial charge is 0.0413 e. The SMILES string of the molecule is CC(C)c1ccc(N=[N+]=[N-])c(C(C)C)c1C(C)C. The van der Waals surface area contributed by atoms with Crippen LogP contribution in [0.3, 0.4) is 0 Å². The van der Waals surface area contributed by atoms with E-state index in [0.29, 0.717) is 17.8 Å². The van der Waals surface area contributed by atoms with Crippen molar-refractivity contribution in [3.05, 3.63) is 39.3 Å². The van der Waals surface area contributed by atoms with Crippen molar-refractivity contribution in [2.24, 2.45) is 5.11 Å². The Morgan fingerprint density at radius 1 is 0.889 bits per heavy atom. The molecule has 0 bridgehead atoms. The van der Waals surface area contributed by atoms with Gasteiger partial charge < -0.3 is 0 Å². The summed E-state index contributed by atoms with van der Waals surface area (Å²) < 4.78 is 0. The van der Waals surface area contributed by atoms with Crippen LogP contribution in [0.2, 0.25) is 0 Å². The number of azide groups is 1. The van der Waals surface area contributed by atoms with Gasteiger partial charge in [-0.2, -0.15) is 0 Å². The van der Waals surface area contributed by atoms with E-state index in [0.717, 1.165) is 5.69 Å². The zero-order valence-electron chi connectivity index (χ0n) is 12.2. The highest BCUT2D eigenvalue weighted by atomic mass is 15.1. The minimum absolute atomic E-state index is 0.363. The lowest BCUT2D eigenvalue weighted by Crippen LogP contribution is -2.05. The summed E-state index contributed by atoms with van der Waals surface area (Å²) >= 11 is 0. The van der Waals surface area contributed by atoms with Gasteiger partial charge in [-0.25, -0.2) is 0 Å². The van der Waals surface area contributed by atoms with Gasteiger partial charge in [0.15, 0.2) is 0 Å². The summed E-state index contributed by atoms with van der Waals surface area (Å²) in [5.74, 6) is 1.29. The van der Waals surface area contributed by atoms with Gasteiger partial charge in [0, 0.05) is 10.6 Å². The van der Waals surface area contributed by atoms with E-state index < -0.39 is 0 Å². The number of benzene rings is 1. The third-order valence-corrected chi connectivity index (χ3v) is 3.23. The van der Waals surface area contributed by atoms with Gasteiger partial charge >= 0.3 is 0 Å². The molecule has 98 valence electrons. The highest BCUT2D eigenvalue weighted by molar-refractivity contribution is 5.56. The van der Waals surface area contributed by atoms with Crippen LogP contribution >= 0.6 is 0 Å². The number of rotatable bonds is 4. The summed E-state index contributed by atoms with van der Waals surface area (Å²) in [5, 5.41) is 3.85. The van der Waals surface area contributed by atoms with Crippen LogP contribution in [-0.2, 0) is 0 Å². The largest absolute Gasteiger partial charge is 0.0605 e. The van der Waals surface area contributed by atoms with Crippen molar-refractivity contribution < 1.29 is 0 Å². The van der Waals surface area contributed by atoms with Crippen molar-refractivity contribution in [2.45, 2.75) is 59.3 Å². The molecule has 0 atom stereocenters. The first-order valence-corrected chi connectivity index (χ1v) is 6.61. The van der Waals surface area contributed by atoms with E-state index in [9.17, 15) is 0 Å². The van der Waals surface area contributed by atoms with Crippen molar-refractivity contribution in [1.82, 2.24) is 0 Å². The maximum absolute atomic E-state index is 8.69. The Kier molecular flexibility index (Phi) is 4.80. The molecule has 0 heterocycles. The summed E-state index contributed by atoms with van der Waals surface area (Å²) in [6, 6.07) is 4.06. The zero-order valence-corrected chi connectivity index (χ0v) is 12.2. The van der Waals surface area contributed by atoms with E-state index in [1.54, 1.807) is 0 Å². The molecule has 1 aromatic rings. The van der Waals surface area contributed by atoms with Gasteiger partial charge in [0.05, 0.1) is 0 Å². The highest BCUT2D eigenvalue weighted by Gasteiger charge is 2.19. The molecule has 1 aromatic carbocycles. The number of hydrogen-bond donors (Lipinski definition) is 0. The summed E-state index contributed by atoms with van der Waals surface area (Å²) in [7, 11) is 0. The van der Waals surface area contributed by atoms with Crippen LogP contribution < -0.4 is 0 Å². The van der Waals surface area contributed by atoms with E-state index in [1.165, 1.54) is 16.7 Å². The van der Waals surface area contributed by atoms with E-state index in [4.69, 9.17) is 5.53 Å². The lowest BCUT2D eigenvalue weighted by molar-refractivity contribution is 0.749.